The third-order valence-electron chi connectivity index (χ3n) is 5.17. The lowest BCUT2D eigenvalue weighted by Crippen LogP contribution is -2.46. The fourth-order valence-corrected chi connectivity index (χ4v) is 3.31. The molecular weight excluding hydrogens is 418 g/mol. The summed E-state index contributed by atoms with van der Waals surface area (Å²) in [7, 11) is 0. The summed E-state index contributed by atoms with van der Waals surface area (Å²) in [5.74, 6) is -3.27. The molecule has 0 fully saturated rings. The van der Waals surface area contributed by atoms with Crippen molar-refractivity contribution in [3.05, 3.63) is 47.3 Å². The fourth-order valence-electron chi connectivity index (χ4n) is 3.31. The number of ketones is 1. The first kappa shape index (κ1) is 22.3. The maximum Gasteiger partial charge on any atom is 0.391 e. The second kappa shape index (κ2) is 8.37. The number of aromatic nitrogens is 2. The highest BCUT2D eigenvalue weighted by Crippen LogP contribution is 2.30. The molecule has 11 heteroatoms. The molecule has 1 aromatic carbocycles. The summed E-state index contributed by atoms with van der Waals surface area (Å²) in [4.78, 5) is 30.6. The average molecular weight is 437 g/mol. The minimum absolute atomic E-state index is 0.0409. The summed E-state index contributed by atoms with van der Waals surface area (Å²) in [6.07, 6.45) is -3.85. The smallest absolute Gasteiger partial charge is 0.330 e. The predicted molar refractivity (Wildman–Crippen MR) is 102 cm³/mol. The Bertz CT molecular complexity index is 1060. The Morgan fingerprint density at radius 3 is 2.74 bits per heavy atom. The molecule has 31 heavy (non-hydrogen) atoms. The van der Waals surface area contributed by atoms with Gasteiger partial charge in [-0.3, -0.25) is 4.79 Å². The van der Waals surface area contributed by atoms with Gasteiger partial charge in [-0.2, -0.15) is 18.4 Å². The number of hydrogen-bond acceptors (Lipinski definition) is 4. The minimum atomic E-state index is -4.49. The van der Waals surface area contributed by atoms with Crippen molar-refractivity contribution < 1.29 is 27.2 Å². The number of alkyl halides is 3. The van der Waals surface area contributed by atoms with Crippen LogP contribution >= 0.6 is 0 Å². The van der Waals surface area contributed by atoms with E-state index in [0.717, 1.165) is 13.0 Å². The van der Waals surface area contributed by atoms with Crippen LogP contribution < -0.4 is 5.32 Å². The third kappa shape index (κ3) is 4.68. The molecule has 1 aliphatic rings. The molecule has 7 nitrogen and oxygen atoms in total. The van der Waals surface area contributed by atoms with E-state index < -0.39 is 36.1 Å². The van der Waals surface area contributed by atoms with Crippen LogP contribution in [0, 0.1) is 23.1 Å². The van der Waals surface area contributed by atoms with Gasteiger partial charge in [0, 0.05) is 24.7 Å². The Hall–Kier alpha value is -3.42. The lowest BCUT2D eigenvalue weighted by atomic mass is 10.0. The van der Waals surface area contributed by atoms with Crippen molar-refractivity contribution in [3.8, 4) is 6.07 Å². The van der Waals surface area contributed by atoms with Gasteiger partial charge in [-0.15, -0.1) is 0 Å². The van der Waals surface area contributed by atoms with Gasteiger partial charge in [-0.1, -0.05) is 6.92 Å². The van der Waals surface area contributed by atoms with Gasteiger partial charge in [0.15, 0.2) is 5.78 Å². The molecule has 1 N–H and O–H groups in total. The van der Waals surface area contributed by atoms with Crippen LogP contribution in [0.25, 0.3) is 0 Å². The van der Waals surface area contributed by atoms with E-state index in [2.05, 4.69) is 10.3 Å². The molecule has 0 saturated heterocycles. The number of nitriles is 1. The minimum Gasteiger partial charge on any atom is -0.330 e. The zero-order chi connectivity index (χ0) is 22.9. The molecule has 0 saturated carbocycles. The Kier molecular flexibility index (Phi) is 6.01. The van der Waals surface area contributed by atoms with E-state index in [1.165, 1.54) is 23.4 Å². The molecule has 1 aromatic heterocycles. The normalized spacial score (nSPS) is 16.9. The molecule has 0 bridgehead atoms. The topological polar surface area (TPSA) is 91.0 Å². The number of fused-ring (bicyclic) bond motifs is 1. The lowest BCUT2D eigenvalue weighted by molar-refractivity contribution is -0.168. The molecule has 3 rings (SSSR count). The molecule has 0 radical (unpaired) electrons. The molecule has 2 heterocycles. The number of halogens is 4. The Labute approximate surface area is 175 Å². The molecule has 0 unspecified atom stereocenters. The molecule has 164 valence electrons. The molecule has 0 spiro atoms. The first-order valence-corrected chi connectivity index (χ1v) is 9.42. The lowest BCUT2D eigenvalue weighted by Gasteiger charge is -2.34. The molecular formula is C20H19F4N5O2. The number of Topliss-reactive ketones (excluding diaryl/α,β-unsaturated/α-hetero) is 1. The second-order valence-corrected chi connectivity index (χ2v) is 7.48. The van der Waals surface area contributed by atoms with Gasteiger partial charge in [-0.25, -0.2) is 14.2 Å². The van der Waals surface area contributed by atoms with Gasteiger partial charge in [0.25, 0.3) is 0 Å². The van der Waals surface area contributed by atoms with Crippen molar-refractivity contribution in [1.29, 1.82) is 5.26 Å². The maximum absolute atomic E-state index is 13.5. The summed E-state index contributed by atoms with van der Waals surface area (Å²) >= 11 is 0. The Morgan fingerprint density at radius 1 is 1.39 bits per heavy atom. The molecule has 2 aromatic rings. The van der Waals surface area contributed by atoms with Crippen LogP contribution in [-0.4, -0.2) is 38.5 Å². The van der Waals surface area contributed by atoms with Gasteiger partial charge >= 0.3 is 12.2 Å². The zero-order valence-electron chi connectivity index (χ0n) is 16.7. The zero-order valence-corrected chi connectivity index (χ0v) is 16.7. The number of carbonyl (C=O) groups excluding carboxylic acids is 2. The number of benzene rings is 1. The maximum atomic E-state index is 13.5. The number of rotatable bonds is 4. The number of carbonyl (C=O) groups is 2. The van der Waals surface area contributed by atoms with Gasteiger partial charge in [0.2, 0.25) is 0 Å². The van der Waals surface area contributed by atoms with Crippen molar-refractivity contribution in [2.75, 3.05) is 5.32 Å². The van der Waals surface area contributed by atoms with Crippen LogP contribution in [0.4, 0.5) is 28.0 Å². The van der Waals surface area contributed by atoms with Crippen LogP contribution in [0.15, 0.2) is 24.5 Å². The van der Waals surface area contributed by atoms with Crippen molar-refractivity contribution in [2.24, 2.45) is 5.92 Å². The van der Waals surface area contributed by atoms with Gasteiger partial charge in [-0.05, 0) is 25.1 Å². The monoisotopic (exact) mass is 437 g/mol. The molecule has 2 amide bonds. The summed E-state index contributed by atoms with van der Waals surface area (Å²) < 4.78 is 53.6. The van der Waals surface area contributed by atoms with Crippen LogP contribution in [-0.2, 0) is 13.1 Å². The van der Waals surface area contributed by atoms with Gasteiger partial charge in [0.05, 0.1) is 30.0 Å². The van der Waals surface area contributed by atoms with Crippen LogP contribution in [0.3, 0.4) is 0 Å². The highest BCUT2D eigenvalue weighted by molar-refractivity contribution is 5.96. The number of amides is 2. The molecule has 1 aliphatic heterocycles. The van der Waals surface area contributed by atoms with E-state index in [-0.39, 0.29) is 29.5 Å². The van der Waals surface area contributed by atoms with Crippen LogP contribution in [0.5, 0.6) is 0 Å². The largest absolute Gasteiger partial charge is 0.391 e. The molecule has 2 atom stereocenters. The average Bonchev–Trinajstić information content (AvgIpc) is 3.10. The number of nitrogens with zero attached hydrogens (tertiary/aromatic N) is 4. The summed E-state index contributed by atoms with van der Waals surface area (Å²) in [5.41, 5.74) is 0.248. The van der Waals surface area contributed by atoms with Crippen molar-refractivity contribution in [1.82, 2.24) is 14.5 Å². The number of hydrogen-bond donors (Lipinski definition) is 1. The first-order valence-electron chi connectivity index (χ1n) is 9.42. The second-order valence-electron chi connectivity index (χ2n) is 7.48. The van der Waals surface area contributed by atoms with Crippen LogP contribution in [0.2, 0.25) is 0 Å². The highest BCUT2D eigenvalue weighted by atomic mass is 19.4. The first-order chi connectivity index (χ1) is 14.5. The van der Waals surface area contributed by atoms with E-state index in [4.69, 9.17) is 5.26 Å². The predicted octanol–water partition coefficient (Wildman–Crippen LogP) is 4.10. The Morgan fingerprint density at radius 2 is 2.10 bits per heavy atom. The number of imidazole rings is 1. The van der Waals surface area contributed by atoms with E-state index in [1.54, 1.807) is 17.6 Å². The third-order valence-corrected chi connectivity index (χ3v) is 5.17. The summed E-state index contributed by atoms with van der Waals surface area (Å²) in [5, 5.41) is 11.5. The highest BCUT2D eigenvalue weighted by Gasteiger charge is 2.39. The molecule has 0 aliphatic carbocycles. The number of nitrogens with one attached hydrogen (secondary N) is 1. The van der Waals surface area contributed by atoms with Crippen LogP contribution in [0.1, 0.15) is 42.0 Å². The quantitative estimate of drug-likeness (QED) is 0.576. The standard InChI is InChI=1S/C20H19F4N5O2/c1-11(20(22,23)24)5-17(30)18-16-9-29(12(2)8-28(16)10-26-18)19(31)27-14-3-4-15(21)13(6-14)7-25/h3-4,6,10-12H,5,8-9H2,1-2H3,(H,27,31)/t11-,12-/m1/s1. The van der Waals surface area contributed by atoms with E-state index in [0.29, 0.717) is 12.2 Å². The SMILES string of the molecule is C[C@@H]1Cn2cnc(C(=O)C[C@@H](C)C(F)(F)F)c2CN1C(=O)Nc1ccc(F)c(C#N)c1. The fraction of sp³-hybridized carbons (Fsp3) is 0.400. The van der Waals surface area contributed by atoms with Gasteiger partial charge in [0.1, 0.15) is 17.6 Å². The van der Waals surface area contributed by atoms with E-state index in [1.807, 2.05) is 0 Å². The number of urea groups is 1. The Balaban J connectivity index is 1.78. The van der Waals surface area contributed by atoms with E-state index in [9.17, 15) is 27.2 Å². The summed E-state index contributed by atoms with van der Waals surface area (Å²) in [6.45, 7) is 2.95. The van der Waals surface area contributed by atoms with Gasteiger partial charge < -0.3 is 14.8 Å². The van der Waals surface area contributed by atoms with E-state index >= 15 is 0 Å². The summed E-state index contributed by atoms with van der Waals surface area (Å²) in [6, 6.07) is 4.37. The van der Waals surface area contributed by atoms with Crippen molar-refractivity contribution in [2.45, 2.75) is 45.6 Å². The van der Waals surface area contributed by atoms with Crippen molar-refractivity contribution >= 4 is 17.5 Å². The van der Waals surface area contributed by atoms with Crippen molar-refractivity contribution in [3.63, 3.8) is 0 Å². The number of anilines is 1.